The number of carbonyl (C=O) groups is 2. The number of nitrogens with zero attached hydrogens (tertiary/aromatic N) is 4. The molecule has 0 fully saturated rings. The molecule has 0 atom stereocenters. The van der Waals surface area contributed by atoms with Crippen molar-refractivity contribution < 1.29 is 19.4 Å². The van der Waals surface area contributed by atoms with Crippen LogP contribution in [0.25, 0.3) is 5.69 Å². The number of ether oxygens (including phenoxy) is 1. The number of imidazole rings is 1. The number of rotatable bonds is 1. The lowest BCUT2D eigenvalue weighted by atomic mass is 10.3. The summed E-state index contributed by atoms with van der Waals surface area (Å²) in [6.45, 7) is 0.178. The molecule has 3 heterocycles. The summed E-state index contributed by atoms with van der Waals surface area (Å²) in [6.07, 6.45) is 1.50. The third-order valence-corrected chi connectivity index (χ3v) is 2.99. The molecule has 0 aliphatic carbocycles. The minimum atomic E-state index is -1.45. The van der Waals surface area contributed by atoms with E-state index >= 15 is 0 Å². The Morgan fingerprint density at radius 2 is 2.25 bits per heavy atom. The number of hydrogen-bond donors (Lipinski definition) is 1. The highest BCUT2D eigenvalue weighted by Gasteiger charge is 2.28. The van der Waals surface area contributed by atoms with Crippen molar-refractivity contribution in [2.75, 3.05) is 7.05 Å². The fraction of sp³-hybridized carbons (Fsp3) is 0.167. The predicted molar refractivity (Wildman–Crippen MR) is 65.8 cm³/mol. The maximum atomic E-state index is 12.2. The van der Waals surface area contributed by atoms with Gasteiger partial charge in [0.2, 0.25) is 5.88 Å². The first-order valence-electron chi connectivity index (χ1n) is 5.76. The standard InChI is InChI=1S/C12H10N4O4/c1-15-5-8-10(20-12(18)19)14-6-16(8)7-3-2-4-13-9(7)11(15)17/h2-4,6H,5H2,1H3,(H,18,19). The van der Waals surface area contributed by atoms with Crippen LogP contribution in [-0.4, -0.2) is 43.7 Å². The Kier molecular flexibility index (Phi) is 2.63. The third kappa shape index (κ3) is 1.78. The monoisotopic (exact) mass is 274 g/mol. The van der Waals surface area contributed by atoms with Crippen molar-refractivity contribution in [2.45, 2.75) is 6.54 Å². The van der Waals surface area contributed by atoms with E-state index in [1.807, 2.05) is 0 Å². The zero-order valence-corrected chi connectivity index (χ0v) is 10.5. The van der Waals surface area contributed by atoms with E-state index in [1.54, 1.807) is 23.7 Å². The maximum Gasteiger partial charge on any atom is 0.512 e. The Hall–Kier alpha value is -2.90. The van der Waals surface area contributed by atoms with Gasteiger partial charge in [-0.2, -0.15) is 0 Å². The first-order valence-corrected chi connectivity index (χ1v) is 5.76. The molecular formula is C12H10N4O4. The Labute approximate surface area is 113 Å². The van der Waals surface area contributed by atoms with Gasteiger partial charge < -0.3 is 14.7 Å². The Morgan fingerprint density at radius 1 is 1.45 bits per heavy atom. The summed E-state index contributed by atoms with van der Waals surface area (Å²) in [5, 5.41) is 8.71. The molecule has 0 bridgehead atoms. The minimum absolute atomic E-state index is 0.0335. The number of carbonyl (C=O) groups excluding carboxylic acids is 1. The molecule has 0 radical (unpaired) electrons. The van der Waals surface area contributed by atoms with Crippen LogP contribution < -0.4 is 4.74 Å². The van der Waals surface area contributed by atoms with E-state index in [4.69, 9.17) is 5.11 Å². The van der Waals surface area contributed by atoms with Crippen LogP contribution in [0.15, 0.2) is 24.7 Å². The van der Waals surface area contributed by atoms with Gasteiger partial charge in [-0.3, -0.25) is 9.36 Å². The Morgan fingerprint density at radius 3 is 3.00 bits per heavy atom. The van der Waals surface area contributed by atoms with E-state index in [2.05, 4.69) is 14.7 Å². The van der Waals surface area contributed by atoms with E-state index in [0.717, 1.165) is 0 Å². The normalized spacial score (nSPS) is 13.4. The average Bonchev–Trinajstić information content (AvgIpc) is 2.75. The number of amides is 1. The van der Waals surface area contributed by atoms with Crippen molar-refractivity contribution in [3.8, 4) is 11.6 Å². The molecule has 0 saturated heterocycles. The minimum Gasteiger partial charge on any atom is -0.449 e. The van der Waals surface area contributed by atoms with Gasteiger partial charge in [0.25, 0.3) is 5.91 Å². The smallest absolute Gasteiger partial charge is 0.449 e. The van der Waals surface area contributed by atoms with Crippen LogP contribution in [0, 0.1) is 0 Å². The first kappa shape index (κ1) is 12.2. The molecule has 0 spiro atoms. The van der Waals surface area contributed by atoms with E-state index < -0.39 is 6.16 Å². The van der Waals surface area contributed by atoms with E-state index in [1.165, 1.54) is 17.4 Å². The predicted octanol–water partition coefficient (Wildman–Crippen LogP) is 0.910. The molecule has 1 aliphatic heterocycles. The highest BCUT2D eigenvalue weighted by Crippen LogP contribution is 2.27. The molecular weight excluding hydrogens is 264 g/mol. The van der Waals surface area contributed by atoms with Gasteiger partial charge in [-0.15, -0.1) is 0 Å². The molecule has 0 unspecified atom stereocenters. The lowest BCUT2D eigenvalue weighted by Crippen LogP contribution is -2.26. The summed E-state index contributed by atoms with van der Waals surface area (Å²) in [7, 11) is 1.61. The molecule has 2 aromatic heterocycles. The quantitative estimate of drug-likeness (QED) is 0.776. The van der Waals surface area contributed by atoms with Gasteiger partial charge in [0, 0.05) is 13.2 Å². The Bertz CT molecular complexity index is 709. The molecule has 1 N–H and O–H groups in total. The van der Waals surface area contributed by atoms with Crippen LogP contribution >= 0.6 is 0 Å². The average molecular weight is 274 g/mol. The van der Waals surface area contributed by atoms with Gasteiger partial charge in [0.1, 0.15) is 12.0 Å². The van der Waals surface area contributed by atoms with Crippen LogP contribution in [0.2, 0.25) is 0 Å². The van der Waals surface area contributed by atoms with E-state index in [-0.39, 0.29) is 24.0 Å². The van der Waals surface area contributed by atoms with Crippen LogP contribution in [0.3, 0.4) is 0 Å². The van der Waals surface area contributed by atoms with Gasteiger partial charge in [-0.05, 0) is 12.1 Å². The van der Waals surface area contributed by atoms with Crippen molar-refractivity contribution in [3.05, 3.63) is 36.0 Å². The second kappa shape index (κ2) is 4.34. The molecule has 102 valence electrons. The number of pyridine rings is 1. The second-order valence-electron chi connectivity index (χ2n) is 4.27. The summed E-state index contributed by atoms with van der Waals surface area (Å²) in [5.74, 6) is -0.278. The van der Waals surface area contributed by atoms with Crippen molar-refractivity contribution in [1.29, 1.82) is 0 Å². The molecule has 8 nitrogen and oxygen atoms in total. The van der Waals surface area contributed by atoms with Crippen LogP contribution in [-0.2, 0) is 6.54 Å². The summed E-state index contributed by atoms with van der Waals surface area (Å²) >= 11 is 0. The third-order valence-electron chi connectivity index (χ3n) is 2.99. The van der Waals surface area contributed by atoms with Crippen molar-refractivity contribution >= 4 is 12.1 Å². The molecule has 0 saturated carbocycles. The van der Waals surface area contributed by atoms with Gasteiger partial charge in [0.15, 0.2) is 5.69 Å². The molecule has 1 amide bonds. The van der Waals surface area contributed by atoms with E-state index in [9.17, 15) is 9.59 Å². The molecule has 2 aromatic rings. The van der Waals surface area contributed by atoms with Crippen LogP contribution in [0.4, 0.5) is 4.79 Å². The molecule has 0 aromatic carbocycles. The molecule has 3 rings (SSSR count). The number of aromatic nitrogens is 3. The zero-order valence-electron chi connectivity index (χ0n) is 10.5. The molecule has 1 aliphatic rings. The van der Waals surface area contributed by atoms with Gasteiger partial charge in [-0.25, -0.2) is 14.8 Å². The van der Waals surface area contributed by atoms with Gasteiger partial charge in [0.05, 0.1) is 12.2 Å². The zero-order chi connectivity index (χ0) is 14.3. The lowest BCUT2D eigenvalue weighted by Gasteiger charge is -2.13. The molecule has 8 heteroatoms. The van der Waals surface area contributed by atoms with Crippen molar-refractivity contribution in [3.63, 3.8) is 0 Å². The number of carboxylic acid groups (broad SMARTS) is 1. The number of fused-ring (bicyclic) bond motifs is 3. The van der Waals surface area contributed by atoms with Crippen LogP contribution in [0.5, 0.6) is 5.88 Å². The number of hydrogen-bond acceptors (Lipinski definition) is 5. The fourth-order valence-electron chi connectivity index (χ4n) is 2.11. The van der Waals surface area contributed by atoms with Crippen molar-refractivity contribution in [2.24, 2.45) is 0 Å². The largest absolute Gasteiger partial charge is 0.512 e. The summed E-state index contributed by atoms with van der Waals surface area (Å²) in [4.78, 5) is 32.3. The van der Waals surface area contributed by atoms with Gasteiger partial charge in [-0.1, -0.05) is 0 Å². The summed E-state index contributed by atoms with van der Waals surface area (Å²) in [6, 6.07) is 3.41. The Balaban J connectivity index is 2.20. The van der Waals surface area contributed by atoms with Gasteiger partial charge >= 0.3 is 6.16 Å². The lowest BCUT2D eigenvalue weighted by molar-refractivity contribution is 0.0781. The first-order chi connectivity index (χ1) is 9.58. The topological polar surface area (TPSA) is 97.6 Å². The highest BCUT2D eigenvalue weighted by atomic mass is 16.7. The van der Waals surface area contributed by atoms with Crippen LogP contribution in [0.1, 0.15) is 16.2 Å². The SMILES string of the molecule is CN1Cc2c(OC(=O)O)ncn2-c2cccnc2C1=O. The summed E-state index contributed by atoms with van der Waals surface area (Å²) < 4.78 is 6.25. The van der Waals surface area contributed by atoms with E-state index in [0.29, 0.717) is 11.4 Å². The summed E-state index contributed by atoms with van der Waals surface area (Å²) in [5.41, 5.74) is 1.31. The maximum absolute atomic E-state index is 12.2. The molecule has 20 heavy (non-hydrogen) atoms. The second-order valence-corrected chi connectivity index (χ2v) is 4.27. The van der Waals surface area contributed by atoms with Crippen molar-refractivity contribution in [1.82, 2.24) is 19.4 Å². The highest BCUT2D eigenvalue weighted by molar-refractivity contribution is 5.96. The fourth-order valence-corrected chi connectivity index (χ4v) is 2.11.